The van der Waals surface area contributed by atoms with Crippen LogP contribution >= 0.6 is 0 Å². The van der Waals surface area contributed by atoms with E-state index in [2.05, 4.69) is 5.32 Å². The van der Waals surface area contributed by atoms with Gasteiger partial charge in [-0.2, -0.15) is 4.31 Å². The number of sulfonamides is 1. The molecule has 1 aliphatic heterocycles. The number of methoxy groups -OCH3 is 1. The van der Waals surface area contributed by atoms with Crippen molar-refractivity contribution < 1.29 is 13.2 Å². The Morgan fingerprint density at radius 3 is 2.61 bits per heavy atom. The largest absolute Gasteiger partial charge is 0.496 e. The van der Waals surface area contributed by atoms with Crippen LogP contribution in [0, 0.1) is 6.92 Å². The van der Waals surface area contributed by atoms with Crippen molar-refractivity contribution in [3.63, 3.8) is 0 Å². The highest BCUT2D eigenvalue weighted by atomic mass is 32.2. The molecular weight excluding hydrogens is 312 g/mol. The van der Waals surface area contributed by atoms with Crippen LogP contribution in [0.2, 0.25) is 0 Å². The van der Waals surface area contributed by atoms with Gasteiger partial charge >= 0.3 is 0 Å². The molecule has 0 aliphatic carbocycles. The van der Waals surface area contributed by atoms with Crippen LogP contribution in [0.1, 0.15) is 43.7 Å². The van der Waals surface area contributed by atoms with Gasteiger partial charge in [0.15, 0.2) is 0 Å². The van der Waals surface area contributed by atoms with Gasteiger partial charge < -0.3 is 10.1 Å². The molecule has 2 rings (SSSR count). The topological polar surface area (TPSA) is 58.6 Å². The molecule has 0 amide bonds. The summed E-state index contributed by atoms with van der Waals surface area (Å²) >= 11 is 0. The number of benzene rings is 1. The van der Waals surface area contributed by atoms with E-state index in [1.54, 1.807) is 17.5 Å². The summed E-state index contributed by atoms with van der Waals surface area (Å²) in [6.07, 6.45) is 1.90. The van der Waals surface area contributed by atoms with Gasteiger partial charge in [0, 0.05) is 19.1 Å². The number of ether oxygens (including phenoxy) is 1. The maximum absolute atomic E-state index is 13.1. The van der Waals surface area contributed by atoms with Gasteiger partial charge in [-0.25, -0.2) is 8.42 Å². The fourth-order valence-corrected chi connectivity index (χ4v) is 4.88. The Labute approximate surface area is 140 Å². The Bertz CT molecular complexity index is 656. The highest BCUT2D eigenvalue weighted by Crippen LogP contribution is 2.33. The summed E-state index contributed by atoms with van der Waals surface area (Å²) in [5.41, 5.74) is 1.66. The van der Waals surface area contributed by atoms with Gasteiger partial charge in [-0.05, 0) is 56.0 Å². The lowest BCUT2D eigenvalue weighted by molar-refractivity contribution is 0.292. The zero-order valence-corrected chi connectivity index (χ0v) is 15.5. The Balaban J connectivity index is 2.45. The molecule has 0 spiro atoms. The lowest BCUT2D eigenvalue weighted by Crippen LogP contribution is -2.47. The minimum Gasteiger partial charge on any atom is -0.496 e. The van der Waals surface area contributed by atoms with Crippen molar-refractivity contribution in [2.24, 2.45) is 0 Å². The van der Waals surface area contributed by atoms with Crippen LogP contribution in [-0.4, -0.2) is 46.0 Å². The van der Waals surface area contributed by atoms with Crippen LogP contribution in [0.4, 0.5) is 0 Å². The van der Waals surface area contributed by atoms with Gasteiger partial charge in [0.25, 0.3) is 0 Å². The number of hydrogen-bond acceptors (Lipinski definition) is 4. The molecule has 1 aromatic rings. The molecule has 0 bridgehead atoms. The average Bonchev–Trinajstić information content (AvgIpc) is 2.53. The monoisotopic (exact) mass is 340 g/mol. The van der Waals surface area contributed by atoms with Crippen LogP contribution in [-0.2, 0) is 10.0 Å². The molecule has 0 aromatic heterocycles. The van der Waals surface area contributed by atoms with Crippen molar-refractivity contribution in [3.05, 3.63) is 23.3 Å². The van der Waals surface area contributed by atoms with Crippen molar-refractivity contribution in [1.82, 2.24) is 9.62 Å². The molecule has 1 atom stereocenters. The van der Waals surface area contributed by atoms with Crippen LogP contribution < -0.4 is 10.1 Å². The van der Waals surface area contributed by atoms with Gasteiger partial charge in [0.1, 0.15) is 5.75 Å². The molecule has 5 nitrogen and oxygen atoms in total. The SMILES string of the molecule is CNC1CCCN(S(=O)(=O)c2cc(C(C)C)c(OC)cc2C)C1. The fraction of sp³-hybridized carbons (Fsp3) is 0.647. The first kappa shape index (κ1) is 18.2. The summed E-state index contributed by atoms with van der Waals surface area (Å²) in [4.78, 5) is 0.402. The summed E-state index contributed by atoms with van der Waals surface area (Å²) in [5, 5.41) is 3.19. The third-order valence-corrected chi connectivity index (χ3v) is 6.57. The van der Waals surface area contributed by atoms with Gasteiger partial charge in [-0.15, -0.1) is 0 Å². The van der Waals surface area contributed by atoms with Crippen LogP contribution in [0.5, 0.6) is 5.75 Å². The lowest BCUT2D eigenvalue weighted by Gasteiger charge is -2.32. The normalized spacial score (nSPS) is 20.0. The van der Waals surface area contributed by atoms with E-state index in [1.807, 2.05) is 33.9 Å². The van der Waals surface area contributed by atoms with Crippen LogP contribution in [0.15, 0.2) is 17.0 Å². The van der Waals surface area contributed by atoms with Crippen molar-refractivity contribution in [2.75, 3.05) is 27.2 Å². The zero-order chi connectivity index (χ0) is 17.2. The molecule has 1 aromatic carbocycles. The summed E-state index contributed by atoms with van der Waals surface area (Å²) in [5.74, 6) is 0.953. The van der Waals surface area contributed by atoms with E-state index < -0.39 is 10.0 Å². The molecule has 0 saturated carbocycles. The first-order valence-electron chi connectivity index (χ1n) is 8.17. The summed E-state index contributed by atoms with van der Waals surface area (Å²) in [6.45, 7) is 7.03. The second kappa shape index (κ2) is 7.20. The maximum atomic E-state index is 13.1. The number of rotatable bonds is 5. The Morgan fingerprint density at radius 1 is 1.35 bits per heavy atom. The summed E-state index contributed by atoms with van der Waals surface area (Å²) in [7, 11) is 0.0283. The Hall–Kier alpha value is -1.11. The van der Waals surface area contributed by atoms with Crippen molar-refractivity contribution in [2.45, 2.75) is 50.5 Å². The maximum Gasteiger partial charge on any atom is 0.243 e. The molecule has 1 aliphatic rings. The minimum absolute atomic E-state index is 0.200. The second-order valence-electron chi connectivity index (χ2n) is 6.51. The zero-order valence-electron chi connectivity index (χ0n) is 14.7. The van der Waals surface area contributed by atoms with Crippen LogP contribution in [0.3, 0.4) is 0 Å². The molecule has 1 heterocycles. The van der Waals surface area contributed by atoms with E-state index in [4.69, 9.17) is 4.74 Å². The van der Waals surface area contributed by atoms with E-state index in [0.29, 0.717) is 18.0 Å². The van der Waals surface area contributed by atoms with Crippen molar-refractivity contribution in [1.29, 1.82) is 0 Å². The molecule has 130 valence electrons. The number of nitrogens with zero attached hydrogens (tertiary/aromatic N) is 1. The highest BCUT2D eigenvalue weighted by Gasteiger charge is 2.31. The quantitative estimate of drug-likeness (QED) is 0.895. The number of hydrogen-bond donors (Lipinski definition) is 1. The van der Waals surface area contributed by atoms with E-state index in [9.17, 15) is 8.42 Å². The van der Waals surface area contributed by atoms with E-state index in [1.165, 1.54) is 0 Å². The van der Waals surface area contributed by atoms with Gasteiger partial charge in [-0.1, -0.05) is 13.8 Å². The average molecular weight is 340 g/mol. The molecular formula is C17H28N2O3S. The fourth-order valence-electron chi connectivity index (χ4n) is 3.12. The summed E-state index contributed by atoms with van der Waals surface area (Å²) in [6, 6.07) is 3.85. The molecule has 6 heteroatoms. The molecule has 23 heavy (non-hydrogen) atoms. The highest BCUT2D eigenvalue weighted by molar-refractivity contribution is 7.89. The minimum atomic E-state index is -3.48. The molecule has 1 fully saturated rings. The van der Waals surface area contributed by atoms with Crippen molar-refractivity contribution >= 4 is 10.0 Å². The van der Waals surface area contributed by atoms with Crippen molar-refractivity contribution in [3.8, 4) is 5.75 Å². The molecule has 1 N–H and O–H groups in total. The summed E-state index contributed by atoms with van der Waals surface area (Å²) < 4.78 is 33.2. The number of nitrogens with one attached hydrogen (secondary N) is 1. The first-order chi connectivity index (χ1) is 10.8. The molecule has 0 radical (unpaired) electrons. The molecule has 1 saturated heterocycles. The van der Waals surface area contributed by atoms with Gasteiger partial charge in [0.05, 0.1) is 12.0 Å². The Morgan fingerprint density at radius 2 is 2.04 bits per heavy atom. The van der Waals surface area contributed by atoms with Crippen LogP contribution in [0.25, 0.3) is 0 Å². The third kappa shape index (κ3) is 3.70. The molecule has 1 unspecified atom stereocenters. The predicted octanol–water partition coefficient (Wildman–Crippen LogP) is 2.50. The number of aryl methyl sites for hydroxylation is 1. The number of piperidine rings is 1. The number of likely N-dealkylation sites (N-methyl/N-ethyl adjacent to an activating group) is 1. The predicted molar refractivity (Wildman–Crippen MR) is 92.7 cm³/mol. The van der Waals surface area contributed by atoms with Gasteiger partial charge in [0.2, 0.25) is 10.0 Å². The van der Waals surface area contributed by atoms with E-state index >= 15 is 0 Å². The Kier molecular flexibility index (Phi) is 5.70. The van der Waals surface area contributed by atoms with E-state index in [-0.39, 0.29) is 12.0 Å². The smallest absolute Gasteiger partial charge is 0.243 e. The van der Waals surface area contributed by atoms with Gasteiger partial charge in [-0.3, -0.25) is 0 Å². The third-order valence-electron chi connectivity index (χ3n) is 4.56. The van der Waals surface area contributed by atoms with E-state index in [0.717, 1.165) is 29.7 Å². The first-order valence-corrected chi connectivity index (χ1v) is 9.61. The second-order valence-corrected chi connectivity index (χ2v) is 8.41. The standard InChI is InChI=1S/C17H28N2O3S/c1-12(2)15-10-17(13(3)9-16(15)22-5)23(20,21)19-8-6-7-14(11-19)18-4/h9-10,12,14,18H,6-8,11H2,1-5H3. The lowest BCUT2D eigenvalue weighted by atomic mass is 10.0.